The van der Waals surface area contributed by atoms with Gasteiger partial charge in [-0.05, 0) is 85.6 Å². The van der Waals surface area contributed by atoms with E-state index in [0.29, 0.717) is 0 Å². The summed E-state index contributed by atoms with van der Waals surface area (Å²) in [5, 5.41) is 3.36. The molecule has 0 N–H and O–H groups in total. The van der Waals surface area contributed by atoms with Crippen LogP contribution in [0.15, 0.2) is 211 Å². The molecule has 1 aliphatic carbocycles. The maximum absolute atomic E-state index is 6.56. The number of aromatic nitrogens is 1. The Hall–Kier alpha value is -7.23. The van der Waals surface area contributed by atoms with Gasteiger partial charge >= 0.3 is 0 Å². The van der Waals surface area contributed by atoms with Crippen molar-refractivity contribution in [2.45, 2.75) is 5.41 Å². The molecule has 0 unspecified atom stereocenters. The topological polar surface area (TPSA) is 29.3 Å². The van der Waals surface area contributed by atoms with E-state index in [1.54, 1.807) is 0 Å². The van der Waals surface area contributed by atoms with Crippen molar-refractivity contribution in [3.05, 3.63) is 229 Å². The Balaban J connectivity index is 1.13. The molecule has 0 amide bonds. The van der Waals surface area contributed by atoms with Gasteiger partial charge in [-0.25, -0.2) is 4.98 Å². The zero-order valence-electron chi connectivity index (χ0n) is 29.9. The molecule has 0 bridgehead atoms. The van der Waals surface area contributed by atoms with Crippen molar-refractivity contribution in [2.24, 2.45) is 0 Å². The maximum Gasteiger partial charge on any atom is 0.155 e. The molecular weight excluding hydrogens is 669 g/mol. The number of rotatable bonds is 6. The highest BCUT2D eigenvalue weighted by molar-refractivity contribution is 6.17. The number of nitrogens with zero attached hydrogens (tertiary/aromatic N) is 2. The lowest BCUT2D eigenvalue weighted by Crippen LogP contribution is -2.28. The van der Waals surface area contributed by atoms with Crippen molar-refractivity contribution in [2.75, 3.05) is 4.90 Å². The molecule has 10 aromatic rings. The molecule has 8 aromatic carbocycles. The zero-order chi connectivity index (χ0) is 36.3. The average Bonchev–Trinajstić information content (AvgIpc) is 3.79. The van der Waals surface area contributed by atoms with Gasteiger partial charge in [0.15, 0.2) is 5.58 Å². The summed E-state index contributed by atoms with van der Waals surface area (Å²) >= 11 is 0. The maximum atomic E-state index is 6.56. The molecule has 3 nitrogen and oxygen atoms in total. The summed E-state index contributed by atoms with van der Waals surface area (Å²) in [7, 11) is 0. The van der Waals surface area contributed by atoms with Gasteiger partial charge in [0.05, 0.1) is 22.7 Å². The van der Waals surface area contributed by atoms with Crippen LogP contribution in [0.5, 0.6) is 0 Å². The van der Waals surface area contributed by atoms with Crippen LogP contribution >= 0.6 is 0 Å². The van der Waals surface area contributed by atoms with Gasteiger partial charge in [-0.15, -0.1) is 0 Å². The monoisotopic (exact) mass is 702 g/mol. The second kappa shape index (κ2) is 12.4. The number of benzene rings is 8. The Labute approximate surface area is 319 Å². The third-order valence-electron chi connectivity index (χ3n) is 11.4. The largest absolute Gasteiger partial charge is 0.454 e. The van der Waals surface area contributed by atoms with E-state index < -0.39 is 5.41 Å². The first kappa shape index (κ1) is 31.3. The van der Waals surface area contributed by atoms with E-state index in [1.807, 2.05) is 6.20 Å². The minimum absolute atomic E-state index is 0.466. The highest BCUT2D eigenvalue weighted by Crippen LogP contribution is 2.57. The van der Waals surface area contributed by atoms with E-state index in [2.05, 4.69) is 205 Å². The van der Waals surface area contributed by atoms with Crippen molar-refractivity contribution in [1.29, 1.82) is 0 Å². The van der Waals surface area contributed by atoms with Crippen LogP contribution in [-0.4, -0.2) is 4.98 Å². The second-order valence-corrected chi connectivity index (χ2v) is 14.3. The molecule has 11 rings (SSSR count). The summed E-state index contributed by atoms with van der Waals surface area (Å²) in [4.78, 5) is 7.44. The minimum Gasteiger partial charge on any atom is -0.454 e. The predicted molar refractivity (Wildman–Crippen MR) is 226 cm³/mol. The van der Waals surface area contributed by atoms with E-state index in [1.165, 1.54) is 49.9 Å². The molecule has 0 aliphatic heterocycles. The third kappa shape index (κ3) is 4.80. The number of anilines is 3. The Morgan fingerprint density at radius 3 is 1.82 bits per heavy atom. The second-order valence-electron chi connectivity index (χ2n) is 14.3. The summed E-state index contributed by atoms with van der Waals surface area (Å²) in [5.74, 6) is 0. The van der Waals surface area contributed by atoms with E-state index in [0.717, 1.165) is 44.5 Å². The highest BCUT2D eigenvalue weighted by atomic mass is 16.3. The molecule has 1 aliphatic rings. The lowest BCUT2D eigenvalue weighted by Gasteiger charge is -2.34. The number of hydrogen-bond acceptors (Lipinski definition) is 3. The molecule has 3 heteroatoms. The highest BCUT2D eigenvalue weighted by Gasteiger charge is 2.46. The fraction of sp³-hybridized carbons (Fsp3) is 0.0192. The van der Waals surface area contributed by atoms with Crippen molar-refractivity contribution in [3.8, 4) is 22.3 Å². The van der Waals surface area contributed by atoms with Gasteiger partial charge in [0, 0.05) is 17.4 Å². The number of fused-ring (bicyclic) bond motifs is 8. The van der Waals surface area contributed by atoms with Gasteiger partial charge in [-0.2, -0.15) is 0 Å². The molecular formula is C52H34N2O. The summed E-state index contributed by atoms with van der Waals surface area (Å²) in [5.41, 5.74) is 14.9. The standard InChI is InChI=1S/C52H34N2O/c1-4-14-35(15-5-1)36-24-27-40(28-25-36)54(42-33-49-51(53-34-42)50-43-21-11-10-16-37(43)26-31-48(50)55-49)41-29-30-47-45(32-41)44-22-12-13-23-46(44)52(47,38-17-6-2-7-18-38)39-19-8-3-9-20-39/h1-34H. The number of furan rings is 1. The third-order valence-corrected chi connectivity index (χ3v) is 11.4. The number of pyridine rings is 1. The van der Waals surface area contributed by atoms with Crippen LogP contribution in [0.1, 0.15) is 22.3 Å². The summed E-state index contributed by atoms with van der Waals surface area (Å²) in [6.07, 6.45) is 1.99. The first-order valence-electron chi connectivity index (χ1n) is 18.8. The van der Waals surface area contributed by atoms with Crippen LogP contribution in [0.4, 0.5) is 17.1 Å². The molecule has 55 heavy (non-hydrogen) atoms. The van der Waals surface area contributed by atoms with Gasteiger partial charge in [-0.1, -0.05) is 164 Å². The Morgan fingerprint density at radius 1 is 0.436 bits per heavy atom. The Kier molecular flexibility index (Phi) is 7.08. The molecule has 0 radical (unpaired) electrons. The molecule has 258 valence electrons. The van der Waals surface area contributed by atoms with Crippen molar-refractivity contribution in [1.82, 2.24) is 4.98 Å². The van der Waals surface area contributed by atoms with Crippen LogP contribution in [0.3, 0.4) is 0 Å². The molecule has 0 fully saturated rings. The zero-order valence-corrected chi connectivity index (χ0v) is 29.9. The van der Waals surface area contributed by atoms with E-state index in [4.69, 9.17) is 9.40 Å². The molecule has 2 heterocycles. The lowest BCUT2D eigenvalue weighted by atomic mass is 9.68. The molecule has 0 saturated carbocycles. The fourth-order valence-corrected chi connectivity index (χ4v) is 8.98. The minimum atomic E-state index is -0.466. The SMILES string of the molecule is c1ccc(-c2ccc(N(c3ccc4c(c3)-c3ccccc3C4(c3ccccc3)c3ccccc3)c3cnc4c(c3)oc3ccc5ccccc5c34)cc2)cc1. The summed E-state index contributed by atoms with van der Waals surface area (Å²) in [6, 6.07) is 71.9. The van der Waals surface area contributed by atoms with Crippen LogP contribution < -0.4 is 4.90 Å². The fourth-order valence-electron chi connectivity index (χ4n) is 8.98. The number of hydrogen-bond donors (Lipinski definition) is 0. The summed E-state index contributed by atoms with van der Waals surface area (Å²) in [6.45, 7) is 0. The normalized spacial score (nSPS) is 12.9. The van der Waals surface area contributed by atoms with Crippen molar-refractivity contribution < 1.29 is 4.42 Å². The molecule has 0 saturated heterocycles. The van der Waals surface area contributed by atoms with Gasteiger partial charge in [0.25, 0.3) is 0 Å². The molecule has 0 spiro atoms. The van der Waals surface area contributed by atoms with E-state index in [9.17, 15) is 0 Å². The van der Waals surface area contributed by atoms with Crippen LogP contribution in [0.25, 0.3) is 55.1 Å². The first-order valence-corrected chi connectivity index (χ1v) is 18.8. The van der Waals surface area contributed by atoms with Crippen LogP contribution in [-0.2, 0) is 5.41 Å². The van der Waals surface area contributed by atoms with Crippen molar-refractivity contribution in [3.63, 3.8) is 0 Å². The Morgan fingerprint density at radius 2 is 1.05 bits per heavy atom. The predicted octanol–water partition coefficient (Wildman–Crippen LogP) is 13.6. The summed E-state index contributed by atoms with van der Waals surface area (Å²) < 4.78 is 6.56. The van der Waals surface area contributed by atoms with Gasteiger partial charge < -0.3 is 9.32 Å². The smallest absolute Gasteiger partial charge is 0.155 e. The quantitative estimate of drug-likeness (QED) is 0.173. The Bertz CT molecular complexity index is 2980. The molecule has 0 atom stereocenters. The average molecular weight is 703 g/mol. The lowest BCUT2D eigenvalue weighted by molar-refractivity contribution is 0.668. The molecule has 2 aromatic heterocycles. The van der Waals surface area contributed by atoms with E-state index >= 15 is 0 Å². The van der Waals surface area contributed by atoms with Crippen LogP contribution in [0.2, 0.25) is 0 Å². The van der Waals surface area contributed by atoms with E-state index in [-0.39, 0.29) is 0 Å². The van der Waals surface area contributed by atoms with Gasteiger partial charge in [0.1, 0.15) is 11.1 Å². The van der Waals surface area contributed by atoms with Gasteiger partial charge in [0.2, 0.25) is 0 Å². The van der Waals surface area contributed by atoms with Gasteiger partial charge in [-0.3, -0.25) is 0 Å². The van der Waals surface area contributed by atoms with Crippen LogP contribution in [0, 0.1) is 0 Å². The van der Waals surface area contributed by atoms with Crippen molar-refractivity contribution >= 4 is 49.9 Å². The first-order chi connectivity index (χ1) is 27.3.